The van der Waals surface area contributed by atoms with E-state index < -0.39 is 23.6 Å². The van der Waals surface area contributed by atoms with E-state index in [1.165, 1.54) is 4.90 Å². The minimum atomic E-state index is -0.860. The van der Waals surface area contributed by atoms with Crippen LogP contribution in [0, 0.1) is 11.6 Å². The molecule has 114 valence electrons. The highest BCUT2D eigenvalue weighted by Crippen LogP contribution is 2.26. The van der Waals surface area contributed by atoms with Crippen LogP contribution in [0.3, 0.4) is 0 Å². The number of amides is 2. The van der Waals surface area contributed by atoms with Crippen molar-refractivity contribution in [1.82, 2.24) is 4.90 Å². The molecule has 0 spiro atoms. The van der Waals surface area contributed by atoms with Gasteiger partial charge in [0.05, 0.1) is 16.6 Å². The number of carbonyl (C=O) groups is 2. The Morgan fingerprint density at radius 1 is 1.38 bits per heavy atom. The molecule has 1 aromatic carbocycles. The molecule has 21 heavy (non-hydrogen) atoms. The molecule has 0 saturated carbocycles. The summed E-state index contributed by atoms with van der Waals surface area (Å²) in [5.41, 5.74) is -0.132. The first-order valence-corrected chi connectivity index (χ1v) is 7.41. The normalized spacial score (nSPS) is 20.0. The van der Waals surface area contributed by atoms with Crippen molar-refractivity contribution in [3.8, 4) is 0 Å². The van der Waals surface area contributed by atoms with E-state index in [9.17, 15) is 18.4 Å². The quantitative estimate of drug-likeness (QED) is 0.663. The lowest BCUT2D eigenvalue weighted by Gasteiger charge is -2.22. The summed E-state index contributed by atoms with van der Waals surface area (Å²) < 4.78 is 27.2. The second-order valence-corrected chi connectivity index (χ2v) is 5.86. The van der Waals surface area contributed by atoms with E-state index in [1.54, 1.807) is 6.92 Å². The number of rotatable bonds is 4. The fourth-order valence-corrected chi connectivity index (χ4v) is 2.55. The van der Waals surface area contributed by atoms with E-state index >= 15 is 0 Å². The number of benzene rings is 1. The Balaban J connectivity index is 2.20. The Kier molecular flexibility index (Phi) is 4.61. The van der Waals surface area contributed by atoms with Gasteiger partial charge in [0.1, 0.15) is 17.7 Å². The maximum absolute atomic E-state index is 13.8. The monoisotopic (exact) mass is 360 g/mol. The lowest BCUT2D eigenvalue weighted by molar-refractivity contribution is -0.140. The molecule has 2 atom stereocenters. The predicted octanol–water partition coefficient (Wildman–Crippen LogP) is 3.07. The second-order valence-electron chi connectivity index (χ2n) is 5.01. The summed E-state index contributed by atoms with van der Waals surface area (Å²) in [6.45, 7) is 3.65. The number of hydrogen-bond acceptors (Lipinski definition) is 3. The predicted molar refractivity (Wildman–Crippen MR) is 77.7 cm³/mol. The minimum Gasteiger partial charge on any atom is -0.371 e. The molecule has 1 N–H and O–H groups in total. The lowest BCUT2D eigenvalue weighted by Crippen LogP contribution is -2.40. The zero-order valence-corrected chi connectivity index (χ0v) is 13.2. The molecule has 0 aliphatic carbocycles. The van der Waals surface area contributed by atoms with Crippen LogP contribution in [0.25, 0.3) is 0 Å². The van der Waals surface area contributed by atoms with Gasteiger partial charge in [-0.1, -0.05) is 6.92 Å². The van der Waals surface area contributed by atoms with Gasteiger partial charge in [-0.2, -0.15) is 0 Å². The van der Waals surface area contributed by atoms with Crippen molar-refractivity contribution in [2.75, 3.05) is 5.32 Å². The van der Waals surface area contributed by atoms with Crippen LogP contribution < -0.4 is 5.32 Å². The molecule has 2 rings (SSSR count). The Bertz CT molecular complexity index is 595. The molecule has 1 saturated heterocycles. The summed E-state index contributed by atoms with van der Waals surface area (Å²) in [6, 6.07) is 0.874. The smallest absolute Gasteiger partial charge is 0.252 e. The lowest BCUT2D eigenvalue weighted by atomic mass is 10.2. The summed E-state index contributed by atoms with van der Waals surface area (Å²) in [5, 5.41) is 2.62. The maximum atomic E-state index is 13.8. The van der Waals surface area contributed by atoms with Crippen molar-refractivity contribution >= 4 is 33.4 Å². The number of imide groups is 1. The molecule has 2 amide bonds. The summed E-state index contributed by atoms with van der Waals surface area (Å²) in [5.74, 6) is -2.04. The number of nitrogens with one attached hydrogen (secondary N) is 1. The van der Waals surface area contributed by atoms with Crippen molar-refractivity contribution in [2.24, 2.45) is 0 Å². The molecule has 1 fully saturated rings. The first kappa shape index (κ1) is 15.9. The van der Waals surface area contributed by atoms with Crippen molar-refractivity contribution in [3.05, 3.63) is 28.2 Å². The number of halogens is 3. The van der Waals surface area contributed by atoms with E-state index in [2.05, 4.69) is 21.2 Å². The number of likely N-dealkylation sites (tertiary alicyclic amines) is 1. The molecule has 1 aliphatic rings. The Hall–Kier alpha value is -1.50. The average molecular weight is 361 g/mol. The Morgan fingerprint density at radius 3 is 2.67 bits per heavy atom. The standard InChI is InChI=1S/C14H15BrF2N2O2/c1-3-7(2)19-13(20)6-12(14(19)21)18-11-5-9(16)8(15)4-10(11)17/h4-5,7,12,18H,3,6H2,1-2H3. The van der Waals surface area contributed by atoms with Crippen LogP contribution >= 0.6 is 15.9 Å². The first-order chi connectivity index (χ1) is 9.85. The van der Waals surface area contributed by atoms with E-state index in [1.807, 2.05) is 6.92 Å². The van der Waals surface area contributed by atoms with Gasteiger partial charge in [0, 0.05) is 12.1 Å². The molecule has 1 heterocycles. The summed E-state index contributed by atoms with van der Waals surface area (Å²) in [6.07, 6.45) is 0.589. The molecule has 0 radical (unpaired) electrons. The molecule has 0 aromatic heterocycles. The van der Waals surface area contributed by atoms with Crippen molar-refractivity contribution in [1.29, 1.82) is 0 Å². The first-order valence-electron chi connectivity index (χ1n) is 6.62. The van der Waals surface area contributed by atoms with Gasteiger partial charge in [-0.3, -0.25) is 14.5 Å². The van der Waals surface area contributed by atoms with Crippen LogP contribution in [0.4, 0.5) is 14.5 Å². The average Bonchev–Trinajstić information content (AvgIpc) is 2.70. The summed E-state index contributed by atoms with van der Waals surface area (Å²) in [4.78, 5) is 25.3. The van der Waals surface area contributed by atoms with Gasteiger partial charge in [-0.05, 0) is 35.3 Å². The summed E-state index contributed by atoms with van der Waals surface area (Å²) >= 11 is 2.88. The van der Waals surface area contributed by atoms with Crippen LogP contribution in [0.2, 0.25) is 0 Å². The fraction of sp³-hybridized carbons (Fsp3) is 0.429. The molecule has 2 unspecified atom stereocenters. The highest BCUT2D eigenvalue weighted by atomic mass is 79.9. The number of carbonyl (C=O) groups excluding carboxylic acids is 2. The molecular formula is C14H15BrF2N2O2. The van der Waals surface area contributed by atoms with Crippen LogP contribution in [-0.4, -0.2) is 28.8 Å². The molecule has 1 aliphatic heterocycles. The zero-order valence-electron chi connectivity index (χ0n) is 11.6. The number of nitrogens with zero attached hydrogens (tertiary/aromatic N) is 1. The van der Waals surface area contributed by atoms with E-state index in [0.29, 0.717) is 6.42 Å². The van der Waals surface area contributed by atoms with Crippen molar-refractivity contribution < 1.29 is 18.4 Å². The molecule has 0 bridgehead atoms. The maximum Gasteiger partial charge on any atom is 0.252 e. The number of hydrogen-bond donors (Lipinski definition) is 1. The highest BCUT2D eigenvalue weighted by molar-refractivity contribution is 9.10. The molecule has 7 heteroatoms. The second kappa shape index (κ2) is 6.09. The van der Waals surface area contributed by atoms with Gasteiger partial charge < -0.3 is 5.32 Å². The van der Waals surface area contributed by atoms with E-state index in [0.717, 1.165) is 12.1 Å². The topological polar surface area (TPSA) is 49.4 Å². The van der Waals surface area contributed by atoms with Crippen LogP contribution in [0.5, 0.6) is 0 Å². The van der Waals surface area contributed by atoms with E-state index in [-0.39, 0.29) is 28.5 Å². The van der Waals surface area contributed by atoms with Crippen molar-refractivity contribution in [3.63, 3.8) is 0 Å². The molecule has 1 aromatic rings. The van der Waals surface area contributed by atoms with Crippen LogP contribution in [0.1, 0.15) is 26.7 Å². The van der Waals surface area contributed by atoms with Gasteiger partial charge in [-0.25, -0.2) is 8.78 Å². The highest BCUT2D eigenvalue weighted by Gasteiger charge is 2.40. The molecular weight excluding hydrogens is 346 g/mol. The largest absolute Gasteiger partial charge is 0.371 e. The number of anilines is 1. The minimum absolute atomic E-state index is 0.000562. The van der Waals surface area contributed by atoms with Crippen LogP contribution in [0.15, 0.2) is 16.6 Å². The third-order valence-electron chi connectivity index (χ3n) is 3.55. The fourth-order valence-electron chi connectivity index (χ4n) is 2.23. The van der Waals surface area contributed by atoms with Gasteiger partial charge in [0.15, 0.2) is 0 Å². The van der Waals surface area contributed by atoms with Gasteiger partial charge in [-0.15, -0.1) is 0 Å². The van der Waals surface area contributed by atoms with Crippen LogP contribution in [-0.2, 0) is 9.59 Å². The Morgan fingerprint density at radius 2 is 2.05 bits per heavy atom. The van der Waals surface area contributed by atoms with Gasteiger partial charge in [0.2, 0.25) is 5.91 Å². The zero-order chi connectivity index (χ0) is 15.7. The Labute approximate surface area is 129 Å². The third kappa shape index (κ3) is 3.07. The SMILES string of the molecule is CCC(C)N1C(=O)CC(Nc2cc(F)c(Br)cc2F)C1=O. The van der Waals surface area contributed by atoms with Gasteiger partial charge in [0.25, 0.3) is 5.91 Å². The van der Waals surface area contributed by atoms with Gasteiger partial charge >= 0.3 is 0 Å². The molecule has 4 nitrogen and oxygen atoms in total. The van der Waals surface area contributed by atoms with E-state index in [4.69, 9.17) is 0 Å². The third-order valence-corrected chi connectivity index (χ3v) is 4.16. The summed E-state index contributed by atoms with van der Waals surface area (Å²) in [7, 11) is 0. The van der Waals surface area contributed by atoms with Crippen molar-refractivity contribution in [2.45, 2.75) is 38.8 Å².